The van der Waals surface area contributed by atoms with Gasteiger partial charge in [-0.3, -0.25) is 4.79 Å². The van der Waals surface area contributed by atoms with Gasteiger partial charge in [-0.1, -0.05) is 13.3 Å². The average molecular weight is 304 g/mol. The maximum atomic E-state index is 10.9. The van der Waals surface area contributed by atoms with Crippen molar-refractivity contribution in [1.29, 1.82) is 0 Å². The van der Waals surface area contributed by atoms with Gasteiger partial charge in [0.05, 0.1) is 33.0 Å². The van der Waals surface area contributed by atoms with Crippen molar-refractivity contribution in [3.63, 3.8) is 0 Å². The van der Waals surface area contributed by atoms with Crippen LogP contribution in [0.25, 0.3) is 0 Å². The van der Waals surface area contributed by atoms with E-state index in [4.69, 9.17) is 19.9 Å². The number of ether oxygens (including phenoxy) is 3. The summed E-state index contributed by atoms with van der Waals surface area (Å²) in [5, 5.41) is 3.23. The Morgan fingerprint density at radius 3 is 2.05 bits per heavy atom. The third-order valence-corrected chi connectivity index (χ3v) is 2.85. The highest BCUT2D eigenvalue weighted by Gasteiger charge is 2.18. The summed E-state index contributed by atoms with van der Waals surface area (Å²) in [5.74, 6) is -0.303. The highest BCUT2D eigenvalue weighted by molar-refractivity contribution is 5.74. The van der Waals surface area contributed by atoms with Crippen LogP contribution >= 0.6 is 0 Å². The van der Waals surface area contributed by atoms with Crippen LogP contribution < -0.4 is 11.1 Å². The summed E-state index contributed by atoms with van der Waals surface area (Å²) in [6, 6.07) is 0. The monoisotopic (exact) mass is 304 g/mol. The molecule has 0 aromatic rings. The molecule has 6 nitrogen and oxygen atoms in total. The molecule has 0 fully saturated rings. The normalized spacial score (nSPS) is 11.8. The van der Waals surface area contributed by atoms with Gasteiger partial charge in [-0.15, -0.1) is 0 Å². The summed E-state index contributed by atoms with van der Waals surface area (Å²) in [4.78, 5) is 10.9. The Morgan fingerprint density at radius 2 is 1.52 bits per heavy atom. The number of amides is 1. The van der Waals surface area contributed by atoms with E-state index in [2.05, 4.69) is 12.2 Å². The van der Waals surface area contributed by atoms with Gasteiger partial charge in [-0.05, 0) is 20.3 Å². The second-order valence-electron chi connectivity index (χ2n) is 5.64. The molecule has 0 unspecified atom stereocenters. The maximum absolute atomic E-state index is 10.9. The van der Waals surface area contributed by atoms with Crippen LogP contribution in [0.15, 0.2) is 0 Å². The molecule has 1 amide bonds. The van der Waals surface area contributed by atoms with Crippen LogP contribution in [-0.4, -0.2) is 57.6 Å². The Labute approximate surface area is 128 Å². The van der Waals surface area contributed by atoms with E-state index in [-0.39, 0.29) is 11.4 Å². The summed E-state index contributed by atoms with van der Waals surface area (Å²) in [7, 11) is 0. The molecule has 0 aliphatic heterocycles. The molecule has 0 bridgehead atoms. The topological polar surface area (TPSA) is 82.8 Å². The fourth-order valence-corrected chi connectivity index (χ4v) is 1.75. The van der Waals surface area contributed by atoms with Crippen molar-refractivity contribution in [2.45, 2.75) is 45.6 Å². The lowest BCUT2D eigenvalue weighted by Crippen LogP contribution is -2.44. The Balaban J connectivity index is 3.24. The van der Waals surface area contributed by atoms with Crippen LogP contribution in [0.3, 0.4) is 0 Å². The third kappa shape index (κ3) is 15.5. The third-order valence-electron chi connectivity index (χ3n) is 2.85. The molecule has 0 heterocycles. The SMILES string of the molecule is CCCCOCCOCCOCCNC(C)(C)CC(N)=O. The van der Waals surface area contributed by atoms with Gasteiger partial charge in [0.25, 0.3) is 0 Å². The van der Waals surface area contributed by atoms with Crippen LogP contribution in [-0.2, 0) is 19.0 Å². The quantitative estimate of drug-likeness (QED) is 0.442. The molecule has 0 spiro atoms. The van der Waals surface area contributed by atoms with E-state index < -0.39 is 0 Å². The molecule has 0 atom stereocenters. The minimum Gasteiger partial charge on any atom is -0.379 e. The molecular weight excluding hydrogens is 272 g/mol. The van der Waals surface area contributed by atoms with Crippen LogP contribution in [0, 0.1) is 0 Å². The molecule has 6 heteroatoms. The van der Waals surface area contributed by atoms with Crippen molar-refractivity contribution in [2.24, 2.45) is 5.73 Å². The van der Waals surface area contributed by atoms with Crippen LogP contribution in [0.5, 0.6) is 0 Å². The van der Waals surface area contributed by atoms with Gasteiger partial charge in [-0.25, -0.2) is 0 Å². The summed E-state index contributed by atoms with van der Waals surface area (Å²) in [6.07, 6.45) is 2.56. The molecular formula is C15H32N2O4. The van der Waals surface area contributed by atoms with Crippen molar-refractivity contribution in [3.05, 3.63) is 0 Å². The van der Waals surface area contributed by atoms with E-state index in [1.54, 1.807) is 0 Å². The molecule has 0 rings (SSSR count). The zero-order valence-corrected chi connectivity index (χ0v) is 13.8. The zero-order chi connectivity index (χ0) is 16.0. The van der Waals surface area contributed by atoms with E-state index in [0.717, 1.165) is 19.4 Å². The average Bonchev–Trinajstić information content (AvgIpc) is 2.38. The Bertz CT molecular complexity index is 260. The number of unbranched alkanes of at least 4 members (excludes halogenated alkanes) is 1. The van der Waals surface area contributed by atoms with Crippen molar-refractivity contribution in [3.8, 4) is 0 Å². The van der Waals surface area contributed by atoms with E-state index in [1.807, 2.05) is 13.8 Å². The van der Waals surface area contributed by atoms with Gasteiger partial charge < -0.3 is 25.3 Å². The standard InChI is InChI=1S/C15H32N2O4/c1-4-5-7-19-9-11-21-12-10-20-8-6-17-15(2,3)13-14(16)18/h17H,4-13H2,1-3H3,(H2,16,18). The first-order valence-electron chi connectivity index (χ1n) is 7.74. The van der Waals surface area contributed by atoms with Crippen LogP contribution in [0.4, 0.5) is 0 Å². The molecule has 3 N–H and O–H groups in total. The maximum Gasteiger partial charge on any atom is 0.219 e. The number of carbonyl (C=O) groups excluding carboxylic acids is 1. The molecule has 0 aliphatic carbocycles. The highest BCUT2D eigenvalue weighted by Crippen LogP contribution is 2.06. The summed E-state index contributed by atoms with van der Waals surface area (Å²) in [5.41, 5.74) is 4.89. The lowest BCUT2D eigenvalue weighted by molar-refractivity contribution is -0.119. The Hall–Kier alpha value is -0.690. The first-order valence-corrected chi connectivity index (χ1v) is 7.74. The molecule has 0 saturated carbocycles. The van der Waals surface area contributed by atoms with Crippen molar-refractivity contribution in [2.75, 3.05) is 46.2 Å². The van der Waals surface area contributed by atoms with Crippen molar-refractivity contribution in [1.82, 2.24) is 5.32 Å². The number of primary amides is 1. The van der Waals surface area contributed by atoms with Crippen molar-refractivity contribution < 1.29 is 19.0 Å². The minimum absolute atomic E-state index is 0.290. The number of hydrogen-bond acceptors (Lipinski definition) is 5. The van der Waals surface area contributed by atoms with Crippen LogP contribution in [0.2, 0.25) is 0 Å². The van der Waals surface area contributed by atoms with Gasteiger partial charge >= 0.3 is 0 Å². The number of nitrogens with two attached hydrogens (primary N) is 1. The molecule has 0 aromatic heterocycles. The molecule has 126 valence electrons. The summed E-state index contributed by atoms with van der Waals surface area (Å²) in [6.45, 7) is 10.5. The molecule has 0 saturated heterocycles. The second-order valence-corrected chi connectivity index (χ2v) is 5.64. The predicted molar refractivity (Wildman–Crippen MR) is 83.3 cm³/mol. The summed E-state index contributed by atoms with van der Waals surface area (Å²) < 4.78 is 16.2. The first-order chi connectivity index (χ1) is 9.98. The van der Waals surface area contributed by atoms with E-state index in [0.29, 0.717) is 46.0 Å². The lowest BCUT2D eigenvalue weighted by Gasteiger charge is -2.24. The number of nitrogens with one attached hydrogen (secondary N) is 1. The van der Waals surface area contributed by atoms with Gasteiger partial charge in [0.15, 0.2) is 0 Å². The van der Waals surface area contributed by atoms with Gasteiger partial charge in [0.2, 0.25) is 5.91 Å². The molecule has 0 radical (unpaired) electrons. The fourth-order valence-electron chi connectivity index (χ4n) is 1.75. The predicted octanol–water partition coefficient (Wildman–Crippen LogP) is 1.08. The molecule has 21 heavy (non-hydrogen) atoms. The lowest BCUT2D eigenvalue weighted by atomic mass is 10.0. The van der Waals surface area contributed by atoms with Gasteiger partial charge in [0, 0.05) is 25.1 Å². The Kier molecular flexibility index (Phi) is 12.6. The number of carbonyl (C=O) groups is 1. The largest absolute Gasteiger partial charge is 0.379 e. The summed E-state index contributed by atoms with van der Waals surface area (Å²) >= 11 is 0. The smallest absolute Gasteiger partial charge is 0.219 e. The Morgan fingerprint density at radius 1 is 1.00 bits per heavy atom. The fraction of sp³-hybridized carbons (Fsp3) is 0.933. The highest BCUT2D eigenvalue weighted by atomic mass is 16.5. The van der Waals surface area contributed by atoms with Gasteiger partial charge in [-0.2, -0.15) is 0 Å². The van der Waals surface area contributed by atoms with E-state index in [1.165, 1.54) is 0 Å². The van der Waals surface area contributed by atoms with Gasteiger partial charge in [0.1, 0.15) is 0 Å². The van der Waals surface area contributed by atoms with Crippen LogP contribution in [0.1, 0.15) is 40.0 Å². The minimum atomic E-state index is -0.303. The molecule has 0 aliphatic rings. The zero-order valence-electron chi connectivity index (χ0n) is 13.8. The van der Waals surface area contributed by atoms with E-state index >= 15 is 0 Å². The first kappa shape index (κ1) is 20.3. The van der Waals surface area contributed by atoms with E-state index in [9.17, 15) is 4.79 Å². The molecule has 0 aromatic carbocycles. The van der Waals surface area contributed by atoms with Crippen molar-refractivity contribution >= 4 is 5.91 Å². The number of rotatable bonds is 15. The number of hydrogen-bond donors (Lipinski definition) is 2. The second kappa shape index (κ2) is 13.0.